The molecule has 0 bridgehead atoms. The summed E-state index contributed by atoms with van der Waals surface area (Å²) in [5.41, 5.74) is 1.62. The molecule has 4 heterocycles. The standard InChI is InChI=1S/C31H40N6O6/c1-3-4-16-42-31(41)36-13-11-35(12-14-36)28(38)19-32-30(40)26-18-27(24-8-7-22(2)17-25(24)33-26)43-21-29(39)37-15-10-34-9-5-6-23(34)20-37/h5,7-9,17-18,23H,3-4,6,10-16,19-21H2,1-2H3,(H,32,40). The molecule has 0 radical (unpaired) electrons. The molecule has 12 heteroatoms. The van der Waals surface area contributed by atoms with Crippen LogP contribution in [0.15, 0.2) is 36.5 Å². The van der Waals surface area contributed by atoms with Crippen LogP contribution in [0.2, 0.25) is 0 Å². The van der Waals surface area contributed by atoms with Crippen LogP contribution in [-0.4, -0.2) is 120 Å². The molecule has 0 spiro atoms. The van der Waals surface area contributed by atoms with Gasteiger partial charge in [-0.15, -0.1) is 0 Å². The molecule has 1 aromatic heterocycles. The van der Waals surface area contributed by atoms with Crippen LogP contribution in [0.5, 0.6) is 5.75 Å². The first-order chi connectivity index (χ1) is 20.8. The molecule has 3 aliphatic heterocycles. The lowest BCUT2D eigenvalue weighted by Crippen LogP contribution is -2.52. The highest BCUT2D eigenvalue weighted by molar-refractivity contribution is 5.98. The Bertz CT molecular complexity index is 1390. The summed E-state index contributed by atoms with van der Waals surface area (Å²) >= 11 is 0. The van der Waals surface area contributed by atoms with Crippen LogP contribution in [-0.2, 0) is 14.3 Å². The third-order valence-electron chi connectivity index (χ3n) is 8.11. The Hall–Kier alpha value is -4.35. The molecule has 1 atom stereocenters. The van der Waals surface area contributed by atoms with Crippen LogP contribution >= 0.6 is 0 Å². The SMILES string of the molecule is CCCCOC(=O)N1CCN(C(=O)CNC(=O)c2cc(OCC(=O)N3CCN4C=CCC4C3)c3ccc(C)cc3n2)CC1. The van der Waals surface area contributed by atoms with E-state index in [0.29, 0.717) is 68.6 Å². The van der Waals surface area contributed by atoms with Crippen molar-refractivity contribution in [2.24, 2.45) is 0 Å². The maximum absolute atomic E-state index is 13.1. The molecule has 2 saturated heterocycles. The molecule has 5 rings (SSSR count). The second kappa shape index (κ2) is 13.7. The van der Waals surface area contributed by atoms with Crippen molar-refractivity contribution in [3.8, 4) is 5.75 Å². The molecule has 43 heavy (non-hydrogen) atoms. The molecule has 3 aliphatic rings. The van der Waals surface area contributed by atoms with E-state index in [1.54, 1.807) is 9.80 Å². The second-order valence-corrected chi connectivity index (χ2v) is 11.2. The van der Waals surface area contributed by atoms with Crippen LogP contribution in [0.3, 0.4) is 0 Å². The predicted molar refractivity (Wildman–Crippen MR) is 160 cm³/mol. The summed E-state index contributed by atoms with van der Waals surface area (Å²) in [7, 11) is 0. The van der Waals surface area contributed by atoms with Crippen molar-refractivity contribution in [2.45, 2.75) is 39.2 Å². The monoisotopic (exact) mass is 592 g/mol. The first-order valence-corrected chi connectivity index (χ1v) is 15.0. The van der Waals surface area contributed by atoms with Crippen LogP contribution < -0.4 is 10.1 Å². The largest absolute Gasteiger partial charge is 0.483 e. The van der Waals surface area contributed by atoms with Gasteiger partial charge in [0.2, 0.25) is 5.91 Å². The van der Waals surface area contributed by atoms with E-state index in [9.17, 15) is 19.2 Å². The highest BCUT2D eigenvalue weighted by Crippen LogP contribution is 2.27. The lowest BCUT2D eigenvalue weighted by atomic mass is 10.1. The summed E-state index contributed by atoms with van der Waals surface area (Å²) < 4.78 is 11.3. The highest BCUT2D eigenvalue weighted by Gasteiger charge is 2.30. The second-order valence-electron chi connectivity index (χ2n) is 11.2. The first kappa shape index (κ1) is 30.1. The minimum absolute atomic E-state index is 0.0960. The number of fused-ring (bicyclic) bond motifs is 2. The van der Waals surface area contributed by atoms with Gasteiger partial charge in [-0.1, -0.05) is 25.5 Å². The number of carbonyl (C=O) groups is 4. The van der Waals surface area contributed by atoms with E-state index >= 15 is 0 Å². The highest BCUT2D eigenvalue weighted by atomic mass is 16.6. The predicted octanol–water partition coefficient (Wildman–Crippen LogP) is 2.16. The fourth-order valence-corrected chi connectivity index (χ4v) is 5.52. The van der Waals surface area contributed by atoms with Gasteiger partial charge in [-0.25, -0.2) is 9.78 Å². The van der Waals surface area contributed by atoms with E-state index in [4.69, 9.17) is 9.47 Å². The number of carbonyl (C=O) groups excluding carboxylic acids is 4. The van der Waals surface area contributed by atoms with Crippen molar-refractivity contribution in [1.82, 2.24) is 29.9 Å². The van der Waals surface area contributed by atoms with Crippen molar-refractivity contribution in [1.29, 1.82) is 0 Å². The van der Waals surface area contributed by atoms with E-state index < -0.39 is 5.91 Å². The molecule has 2 aromatic rings. The summed E-state index contributed by atoms with van der Waals surface area (Å²) in [6, 6.07) is 7.48. The topological polar surface area (TPSA) is 125 Å². The molecule has 12 nitrogen and oxygen atoms in total. The Morgan fingerprint density at radius 2 is 1.74 bits per heavy atom. The Labute approximate surface area is 251 Å². The maximum atomic E-state index is 13.1. The Kier molecular flexibility index (Phi) is 9.63. The van der Waals surface area contributed by atoms with Gasteiger partial charge < -0.3 is 34.4 Å². The van der Waals surface area contributed by atoms with E-state index in [0.717, 1.165) is 31.4 Å². The number of nitrogens with zero attached hydrogens (tertiary/aromatic N) is 5. The Balaban J connectivity index is 1.17. The number of amides is 4. The zero-order valence-electron chi connectivity index (χ0n) is 24.9. The van der Waals surface area contributed by atoms with Gasteiger partial charge in [0.1, 0.15) is 11.4 Å². The molecule has 2 fully saturated rings. The van der Waals surface area contributed by atoms with Gasteiger partial charge >= 0.3 is 6.09 Å². The van der Waals surface area contributed by atoms with E-state index in [1.165, 1.54) is 6.07 Å². The third kappa shape index (κ3) is 7.36. The van der Waals surface area contributed by atoms with Gasteiger partial charge in [-0.05, 0) is 43.7 Å². The third-order valence-corrected chi connectivity index (χ3v) is 8.11. The lowest BCUT2D eigenvalue weighted by molar-refractivity contribution is -0.135. The first-order valence-electron chi connectivity index (χ1n) is 15.0. The van der Waals surface area contributed by atoms with Crippen LogP contribution in [0.25, 0.3) is 10.9 Å². The molecular formula is C31H40N6O6. The van der Waals surface area contributed by atoms with Crippen LogP contribution in [0.1, 0.15) is 42.2 Å². The average molecular weight is 593 g/mol. The summed E-state index contributed by atoms with van der Waals surface area (Å²) in [5.74, 6) is -0.480. The Morgan fingerprint density at radius 1 is 0.977 bits per heavy atom. The fourth-order valence-electron chi connectivity index (χ4n) is 5.52. The number of unbranched alkanes of at least 4 members (excludes halogenated alkanes) is 1. The zero-order chi connectivity index (χ0) is 30.3. The number of aryl methyl sites for hydroxylation is 1. The quantitative estimate of drug-likeness (QED) is 0.440. The van der Waals surface area contributed by atoms with Gasteiger partial charge in [-0.3, -0.25) is 14.4 Å². The summed E-state index contributed by atoms with van der Waals surface area (Å²) in [5, 5.41) is 3.37. The van der Waals surface area contributed by atoms with Gasteiger partial charge in [0, 0.05) is 63.3 Å². The fraction of sp³-hybridized carbons (Fsp3) is 0.516. The molecular weight excluding hydrogens is 552 g/mol. The molecule has 0 aliphatic carbocycles. The number of ether oxygens (including phenoxy) is 2. The van der Waals surface area contributed by atoms with Gasteiger partial charge in [-0.2, -0.15) is 0 Å². The van der Waals surface area contributed by atoms with E-state index in [-0.39, 0.29) is 36.8 Å². The average Bonchev–Trinajstić information content (AvgIpc) is 3.50. The van der Waals surface area contributed by atoms with Crippen molar-refractivity contribution < 1.29 is 28.7 Å². The number of benzene rings is 1. The van der Waals surface area contributed by atoms with Crippen molar-refractivity contribution in [3.05, 3.63) is 47.8 Å². The maximum Gasteiger partial charge on any atom is 0.409 e. The minimum Gasteiger partial charge on any atom is -0.483 e. The number of hydrogen-bond donors (Lipinski definition) is 1. The number of rotatable bonds is 9. The normalized spacial score (nSPS) is 18.0. The van der Waals surface area contributed by atoms with Gasteiger partial charge in [0.15, 0.2) is 6.61 Å². The number of aromatic nitrogens is 1. The number of hydrogen-bond acceptors (Lipinski definition) is 8. The van der Waals surface area contributed by atoms with Gasteiger partial charge in [0.25, 0.3) is 11.8 Å². The molecule has 4 amide bonds. The molecule has 1 aromatic carbocycles. The van der Waals surface area contributed by atoms with Crippen LogP contribution in [0.4, 0.5) is 4.79 Å². The number of piperazine rings is 2. The van der Waals surface area contributed by atoms with Crippen molar-refractivity contribution in [2.75, 3.05) is 65.6 Å². The molecule has 1 unspecified atom stereocenters. The lowest BCUT2D eigenvalue weighted by Gasteiger charge is -2.38. The zero-order valence-corrected chi connectivity index (χ0v) is 24.9. The molecule has 0 saturated carbocycles. The van der Waals surface area contributed by atoms with Crippen molar-refractivity contribution in [3.63, 3.8) is 0 Å². The smallest absolute Gasteiger partial charge is 0.409 e. The summed E-state index contributed by atoms with van der Waals surface area (Å²) in [4.78, 5) is 62.9. The Morgan fingerprint density at radius 3 is 2.53 bits per heavy atom. The van der Waals surface area contributed by atoms with Gasteiger partial charge in [0.05, 0.1) is 18.7 Å². The number of nitrogens with one attached hydrogen (secondary N) is 1. The molecule has 230 valence electrons. The van der Waals surface area contributed by atoms with Crippen molar-refractivity contribution >= 4 is 34.7 Å². The van der Waals surface area contributed by atoms with Crippen LogP contribution in [0, 0.1) is 6.92 Å². The minimum atomic E-state index is -0.518. The number of pyridine rings is 1. The molecule has 1 N–H and O–H groups in total. The summed E-state index contributed by atoms with van der Waals surface area (Å²) in [6.45, 7) is 7.58. The van der Waals surface area contributed by atoms with E-state index in [1.807, 2.05) is 36.9 Å². The van der Waals surface area contributed by atoms with E-state index in [2.05, 4.69) is 27.5 Å². The summed E-state index contributed by atoms with van der Waals surface area (Å²) in [6.07, 6.45) is 6.57.